The van der Waals surface area contributed by atoms with Crippen LogP contribution >= 0.6 is 0 Å². The summed E-state index contributed by atoms with van der Waals surface area (Å²) in [6.07, 6.45) is -24.1. The predicted molar refractivity (Wildman–Crippen MR) is 265 cm³/mol. The molecule has 7 N–H and O–H groups in total. The highest BCUT2D eigenvalue weighted by molar-refractivity contribution is 5.74. The number of carboxylic acid groups (broad SMARTS) is 2. The quantitative estimate of drug-likeness (QED) is 0.0215. The fourth-order valence-electron chi connectivity index (χ4n) is 9.45. The first-order valence-electron chi connectivity index (χ1n) is 26.6. The third-order valence-corrected chi connectivity index (χ3v) is 13.6. The van der Waals surface area contributed by atoms with E-state index in [1.54, 1.807) is 0 Å². The standard InChI is InChI=1S/C47H77N9O23/c1-6-10-14-67-24-18-23(51-54-48)44(71-26(24)20-57)76-35-25(68-15-11-7-2)19-29(75-40(35)42(62)63)74-34-27(21-58)73-46(30(32(34)60)52-55-49)78-39-38(70-17-13-9-4)33(61)47(79-41(39)43(64)65)77-36-28(22-59)72-45(66-5)31(53-56-50)37(36)69-16-12-8-3/h19,23-24,26-41,44-47,57-61H,6-18,20-22H2,1-5H3,(H,62,63)(H,64,65)/t23-,24-,26-,27?,28?,29+,30?,31?,32+,33-,34+,35-,36+,37+,38?,39-,40+,41?,44+,45-,46+,47+/m0/s1. The summed E-state index contributed by atoms with van der Waals surface area (Å²) in [6.45, 7) is 5.82. The average molecular weight is 1140 g/mol. The number of hydrogen-bond acceptors (Lipinski definition) is 24. The first-order chi connectivity index (χ1) is 38.2. The molecule has 79 heavy (non-hydrogen) atoms. The molecule has 0 radical (unpaired) electrons. The van der Waals surface area contributed by atoms with Gasteiger partial charge in [0.2, 0.25) is 0 Å². The number of ether oxygens (including phenoxy) is 14. The summed E-state index contributed by atoms with van der Waals surface area (Å²) in [7, 11) is 1.28. The van der Waals surface area contributed by atoms with Crippen molar-refractivity contribution in [1.29, 1.82) is 0 Å². The van der Waals surface area contributed by atoms with Crippen molar-refractivity contribution in [3.8, 4) is 0 Å². The zero-order valence-corrected chi connectivity index (χ0v) is 44.8. The highest BCUT2D eigenvalue weighted by Crippen LogP contribution is 2.38. The van der Waals surface area contributed by atoms with Crippen LogP contribution in [0.4, 0.5) is 0 Å². The number of methoxy groups -OCH3 is 1. The van der Waals surface area contributed by atoms with E-state index in [1.807, 2.05) is 27.7 Å². The number of rotatable bonds is 33. The molecule has 6 unspecified atom stereocenters. The molecule has 0 aromatic carbocycles. The summed E-state index contributed by atoms with van der Waals surface area (Å²) in [5.41, 5.74) is 28.7. The first-order valence-corrected chi connectivity index (χ1v) is 26.6. The van der Waals surface area contributed by atoms with E-state index < -0.39 is 167 Å². The second-order valence-corrected chi connectivity index (χ2v) is 19.1. The summed E-state index contributed by atoms with van der Waals surface area (Å²) in [6, 6.07) is -4.12. The lowest BCUT2D eigenvalue weighted by atomic mass is 9.94. The smallest absolute Gasteiger partial charge is 0.336 e. The molecule has 32 heteroatoms. The van der Waals surface area contributed by atoms with Gasteiger partial charge in [0, 0.05) is 47.7 Å². The van der Waals surface area contributed by atoms with Crippen molar-refractivity contribution in [2.75, 3.05) is 53.4 Å². The molecule has 0 saturated carbocycles. The molecule has 5 rings (SSSR count). The number of carbonyl (C=O) groups is 2. The summed E-state index contributed by atoms with van der Waals surface area (Å²) in [5, 5.41) is 88.1. The number of carboxylic acids is 2. The van der Waals surface area contributed by atoms with Gasteiger partial charge in [-0.2, -0.15) is 0 Å². The minimum Gasteiger partial charge on any atom is -0.495 e. The van der Waals surface area contributed by atoms with Gasteiger partial charge in [0.25, 0.3) is 0 Å². The van der Waals surface area contributed by atoms with Crippen molar-refractivity contribution in [2.45, 2.75) is 221 Å². The van der Waals surface area contributed by atoms with E-state index in [-0.39, 0.29) is 32.0 Å². The summed E-state index contributed by atoms with van der Waals surface area (Å²) in [5.74, 6) is -3.42. The summed E-state index contributed by atoms with van der Waals surface area (Å²) >= 11 is 0. The largest absolute Gasteiger partial charge is 0.495 e. The van der Waals surface area contributed by atoms with Crippen LogP contribution in [0.25, 0.3) is 31.3 Å². The van der Waals surface area contributed by atoms with Gasteiger partial charge in [-0.25, -0.2) is 9.59 Å². The monoisotopic (exact) mass is 1140 g/mol. The molecule has 0 spiro atoms. The second-order valence-electron chi connectivity index (χ2n) is 19.1. The lowest BCUT2D eigenvalue weighted by Crippen LogP contribution is -2.67. The van der Waals surface area contributed by atoms with Crippen LogP contribution in [0.3, 0.4) is 0 Å². The van der Waals surface area contributed by atoms with Crippen LogP contribution in [0.1, 0.15) is 85.5 Å². The molecule has 0 aliphatic carbocycles. The molecular weight excluding hydrogens is 1060 g/mol. The average Bonchev–Trinajstić information content (AvgIpc) is 3.43. The number of nitrogens with zero attached hydrogens (tertiary/aromatic N) is 9. The highest BCUT2D eigenvalue weighted by atomic mass is 16.8. The van der Waals surface area contributed by atoms with E-state index in [2.05, 4.69) is 30.1 Å². The highest BCUT2D eigenvalue weighted by Gasteiger charge is 2.57. The van der Waals surface area contributed by atoms with Gasteiger partial charge in [0.15, 0.2) is 49.8 Å². The van der Waals surface area contributed by atoms with Crippen molar-refractivity contribution in [3.63, 3.8) is 0 Å². The van der Waals surface area contributed by atoms with Gasteiger partial charge in [-0.3, -0.25) is 0 Å². The van der Waals surface area contributed by atoms with E-state index in [9.17, 15) is 61.9 Å². The van der Waals surface area contributed by atoms with E-state index in [0.29, 0.717) is 51.6 Å². The van der Waals surface area contributed by atoms with Crippen LogP contribution in [0.15, 0.2) is 27.2 Å². The number of aliphatic hydroxyl groups is 5. The van der Waals surface area contributed by atoms with E-state index >= 15 is 0 Å². The zero-order chi connectivity index (χ0) is 57.6. The lowest BCUT2D eigenvalue weighted by Gasteiger charge is -2.49. The Hall–Kier alpha value is -4.31. The Morgan fingerprint density at radius 3 is 1.71 bits per heavy atom. The molecule has 4 fully saturated rings. The first kappa shape index (κ1) is 65.5. The van der Waals surface area contributed by atoms with Gasteiger partial charge in [0.05, 0.1) is 50.8 Å². The fraction of sp³-hybridized carbons (Fsp3) is 0.915. The van der Waals surface area contributed by atoms with Crippen LogP contribution in [0.5, 0.6) is 0 Å². The molecular formula is C47H77N9O23. The van der Waals surface area contributed by atoms with Crippen LogP contribution in [0.2, 0.25) is 0 Å². The Bertz CT molecular complexity index is 2060. The van der Waals surface area contributed by atoms with Crippen molar-refractivity contribution in [3.05, 3.63) is 43.2 Å². The van der Waals surface area contributed by atoms with Crippen molar-refractivity contribution in [2.24, 2.45) is 15.3 Å². The van der Waals surface area contributed by atoms with Crippen LogP contribution in [-0.2, 0) is 75.9 Å². The van der Waals surface area contributed by atoms with E-state index in [4.69, 9.17) is 66.3 Å². The Labute approximate surface area is 455 Å². The lowest BCUT2D eigenvalue weighted by molar-refractivity contribution is -0.368. The van der Waals surface area contributed by atoms with E-state index in [0.717, 1.165) is 6.42 Å². The Balaban J connectivity index is 1.43. The maximum atomic E-state index is 13.2. The fourth-order valence-corrected chi connectivity index (χ4v) is 9.45. The van der Waals surface area contributed by atoms with Gasteiger partial charge in [-0.05, 0) is 48.7 Å². The molecule has 22 atom stereocenters. The number of hydrogen-bond donors (Lipinski definition) is 7. The maximum Gasteiger partial charge on any atom is 0.336 e. The number of unbranched alkanes of at least 4 members (excludes halogenated alkanes) is 4. The zero-order valence-electron chi connectivity index (χ0n) is 44.8. The minimum absolute atomic E-state index is 0.0390. The molecule has 0 amide bonds. The topological polar surface area (TPSA) is 451 Å². The van der Waals surface area contributed by atoms with Crippen LogP contribution in [-0.4, -0.2) is 236 Å². The number of aliphatic hydroxyl groups excluding tert-OH is 5. The summed E-state index contributed by atoms with van der Waals surface area (Å²) in [4.78, 5) is 34.9. The Morgan fingerprint density at radius 2 is 1.13 bits per heavy atom. The number of aliphatic carboxylic acids is 2. The Morgan fingerprint density at radius 1 is 0.582 bits per heavy atom. The van der Waals surface area contributed by atoms with Gasteiger partial charge < -0.3 is 102 Å². The van der Waals surface area contributed by atoms with Gasteiger partial charge in [-0.1, -0.05) is 68.7 Å². The molecule has 0 aromatic rings. The predicted octanol–water partition coefficient (Wildman–Crippen LogP) is 2.35. The molecule has 5 aliphatic rings. The second kappa shape index (κ2) is 33.6. The third kappa shape index (κ3) is 17.1. The summed E-state index contributed by atoms with van der Waals surface area (Å²) < 4.78 is 84.1. The normalized spacial score (nSPS) is 37.6. The molecule has 0 aromatic heterocycles. The van der Waals surface area contributed by atoms with Crippen LogP contribution < -0.4 is 0 Å². The molecule has 0 bridgehead atoms. The minimum atomic E-state index is -2.10. The van der Waals surface area contributed by atoms with Crippen molar-refractivity contribution in [1.82, 2.24) is 0 Å². The molecule has 448 valence electrons. The van der Waals surface area contributed by atoms with Gasteiger partial charge in [-0.15, -0.1) is 0 Å². The maximum absolute atomic E-state index is 13.2. The Kier molecular flexibility index (Phi) is 27.8. The van der Waals surface area contributed by atoms with E-state index in [1.165, 1.54) is 13.2 Å². The molecule has 4 saturated heterocycles. The van der Waals surface area contributed by atoms with Crippen LogP contribution in [0, 0.1) is 0 Å². The van der Waals surface area contributed by atoms with Gasteiger partial charge in [0.1, 0.15) is 66.7 Å². The third-order valence-electron chi connectivity index (χ3n) is 13.6. The molecule has 5 heterocycles. The molecule has 32 nitrogen and oxygen atoms in total. The SMILES string of the molecule is CCCCOC1=C[C@H](O[C@@H]2C(CO)O[C@H](O[C@@H]3C(C(=O)O)O[C@@H](O[C@@H]4C(CO)O[C@H](OC)C(N=[N+]=[N-])[C@H]4OCCCC)[C@@H](O)C3OCCCC)C(N=[N+]=[N-])[C@H]2O)O[C@@H](C(=O)O)[C@H]1O[C@H]1O[C@@H](CO)[C@@H](OCCCC)C[C@@H]1N=[N+]=[N-]. The molecule has 5 aliphatic heterocycles. The van der Waals surface area contributed by atoms with Crippen molar-refractivity contribution >= 4 is 11.9 Å². The van der Waals surface area contributed by atoms with Gasteiger partial charge >= 0.3 is 11.9 Å². The van der Waals surface area contributed by atoms with Crippen molar-refractivity contribution < 1.29 is 112 Å². The number of azide groups is 3.